The molecule has 1 heterocycles. The number of hydrogen-bond donors (Lipinski definition) is 2. The van der Waals surface area contributed by atoms with Crippen LogP contribution in [0, 0.1) is 0 Å². The molecule has 4 rings (SSSR count). The number of hydrogen-bond acceptors (Lipinski definition) is 3. The Balaban J connectivity index is 0.00000160. The maximum Gasteiger partial charge on any atom is 0.395 e. The molecule has 0 radical (unpaired) electrons. The van der Waals surface area contributed by atoms with Gasteiger partial charge < -0.3 is 15.4 Å². The lowest BCUT2D eigenvalue weighted by Gasteiger charge is -2.23. The zero-order valence-electron chi connectivity index (χ0n) is 16.7. The first-order valence-corrected chi connectivity index (χ1v) is 9.75. The Bertz CT molecular complexity index is 833. The molecule has 0 spiro atoms. The highest BCUT2D eigenvalue weighted by atomic mass is 35.5. The van der Waals surface area contributed by atoms with Crippen LogP contribution in [0.15, 0.2) is 42.5 Å². The van der Waals surface area contributed by atoms with E-state index in [-0.39, 0.29) is 43.3 Å². The molecule has 3 nitrogen and oxygen atoms in total. The van der Waals surface area contributed by atoms with E-state index in [9.17, 15) is 13.2 Å². The number of rotatable bonds is 5. The third kappa shape index (κ3) is 5.05. The number of alkyl halides is 3. The number of nitrogens with one attached hydrogen (secondary N) is 2. The predicted octanol–water partition coefficient (Wildman–Crippen LogP) is 5.32. The molecule has 1 aliphatic carbocycles. The quantitative estimate of drug-likeness (QED) is 0.630. The van der Waals surface area contributed by atoms with E-state index in [1.807, 2.05) is 18.2 Å². The third-order valence-corrected chi connectivity index (χ3v) is 5.95. The first-order chi connectivity index (χ1) is 13.5. The predicted molar refractivity (Wildman–Crippen MR) is 117 cm³/mol. The van der Waals surface area contributed by atoms with Gasteiger partial charge in [-0.2, -0.15) is 13.2 Å². The van der Waals surface area contributed by atoms with E-state index in [2.05, 4.69) is 22.8 Å². The maximum absolute atomic E-state index is 13.4. The molecular weight excluding hydrogens is 436 g/mol. The van der Waals surface area contributed by atoms with Crippen LogP contribution in [0.25, 0.3) is 0 Å². The number of aryl methyl sites for hydroxylation is 1. The van der Waals surface area contributed by atoms with Gasteiger partial charge in [0, 0.05) is 24.2 Å². The minimum Gasteiger partial charge on any atom is -0.496 e. The van der Waals surface area contributed by atoms with Crippen molar-refractivity contribution in [2.75, 3.05) is 13.7 Å². The molecule has 2 aromatic rings. The lowest BCUT2D eigenvalue weighted by atomic mass is 9.97. The standard InChI is InChI=1S/C22H25F3N2O.2ClH/c1-28-20-12-15-7-8-18(22(23,24)25)17(15)11-16(20)13-27-19-9-10-26-21(19)14-5-3-2-4-6-14;;/h2-6,11-12,18-19,21,26-27H,7-10,13H2,1H3;2*1H/t18?,19-,21-;;/m1../s1. The summed E-state index contributed by atoms with van der Waals surface area (Å²) >= 11 is 0. The van der Waals surface area contributed by atoms with Crippen LogP contribution in [-0.4, -0.2) is 25.9 Å². The fourth-order valence-electron chi connectivity index (χ4n) is 4.52. The first-order valence-electron chi connectivity index (χ1n) is 9.75. The average molecular weight is 463 g/mol. The minimum absolute atomic E-state index is 0. The summed E-state index contributed by atoms with van der Waals surface area (Å²) in [6.07, 6.45) is -2.65. The zero-order valence-corrected chi connectivity index (χ0v) is 18.3. The Morgan fingerprint density at radius 3 is 2.50 bits per heavy atom. The molecular formula is C22H27Cl2F3N2O. The monoisotopic (exact) mass is 462 g/mol. The van der Waals surface area contributed by atoms with Crippen LogP contribution in [0.4, 0.5) is 13.2 Å². The average Bonchev–Trinajstić information content (AvgIpc) is 3.32. The summed E-state index contributed by atoms with van der Waals surface area (Å²) in [5, 5.41) is 7.06. The van der Waals surface area contributed by atoms with Gasteiger partial charge in [-0.25, -0.2) is 0 Å². The largest absolute Gasteiger partial charge is 0.496 e. The lowest BCUT2D eigenvalue weighted by molar-refractivity contribution is -0.149. The van der Waals surface area contributed by atoms with Gasteiger partial charge in [0.05, 0.1) is 13.0 Å². The van der Waals surface area contributed by atoms with Crippen LogP contribution in [0.3, 0.4) is 0 Å². The van der Waals surface area contributed by atoms with Crippen molar-refractivity contribution in [2.24, 2.45) is 0 Å². The molecule has 8 heteroatoms. The number of halogens is 5. The molecule has 2 aromatic carbocycles. The number of methoxy groups -OCH3 is 1. The van der Waals surface area contributed by atoms with Crippen LogP contribution < -0.4 is 15.4 Å². The van der Waals surface area contributed by atoms with Crippen molar-refractivity contribution in [3.63, 3.8) is 0 Å². The van der Waals surface area contributed by atoms with E-state index in [4.69, 9.17) is 4.74 Å². The van der Waals surface area contributed by atoms with Gasteiger partial charge in [-0.1, -0.05) is 30.3 Å². The molecule has 0 amide bonds. The Hall–Kier alpha value is -1.47. The second-order valence-corrected chi connectivity index (χ2v) is 7.61. The van der Waals surface area contributed by atoms with Gasteiger partial charge in [0.15, 0.2) is 0 Å². The summed E-state index contributed by atoms with van der Waals surface area (Å²) in [7, 11) is 1.57. The summed E-state index contributed by atoms with van der Waals surface area (Å²) in [5.74, 6) is -0.700. The zero-order chi connectivity index (χ0) is 19.7. The van der Waals surface area contributed by atoms with Gasteiger partial charge in [-0.3, -0.25) is 0 Å². The van der Waals surface area contributed by atoms with E-state index in [1.54, 1.807) is 19.2 Å². The second kappa shape index (κ2) is 10.2. The molecule has 2 N–H and O–H groups in total. The van der Waals surface area contributed by atoms with Crippen LogP contribution in [0.1, 0.15) is 47.1 Å². The number of benzene rings is 2. The molecule has 3 atom stereocenters. The first kappa shape index (κ1) is 24.8. The number of fused-ring (bicyclic) bond motifs is 1. The van der Waals surface area contributed by atoms with Crippen molar-refractivity contribution in [1.29, 1.82) is 0 Å². The highest BCUT2D eigenvalue weighted by molar-refractivity contribution is 5.85. The summed E-state index contributed by atoms with van der Waals surface area (Å²) < 4.78 is 45.6. The van der Waals surface area contributed by atoms with Gasteiger partial charge in [-0.15, -0.1) is 24.8 Å². The SMILES string of the molecule is COc1cc2c(cc1CN[C@@H]1CCN[C@@H]1c1ccccc1)C(C(F)(F)F)CC2.Cl.Cl. The van der Waals surface area contributed by atoms with E-state index < -0.39 is 12.1 Å². The highest BCUT2D eigenvalue weighted by Gasteiger charge is 2.44. The minimum atomic E-state index is -4.20. The van der Waals surface area contributed by atoms with Gasteiger partial charge in [0.25, 0.3) is 0 Å². The van der Waals surface area contributed by atoms with Crippen molar-refractivity contribution < 1.29 is 17.9 Å². The van der Waals surface area contributed by atoms with E-state index in [0.717, 1.165) is 24.1 Å². The molecule has 0 saturated carbocycles. The lowest BCUT2D eigenvalue weighted by Crippen LogP contribution is -2.34. The van der Waals surface area contributed by atoms with Crippen molar-refractivity contribution >= 4 is 24.8 Å². The van der Waals surface area contributed by atoms with E-state index >= 15 is 0 Å². The molecule has 30 heavy (non-hydrogen) atoms. The Morgan fingerprint density at radius 1 is 1.10 bits per heavy atom. The molecule has 1 unspecified atom stereocenters. The van der Waals surface area contributed by atoms with Crippen LogP contribution in [0.2, 0.25) is 0 Å². The molecule has 1 saturated heterocycles. The topological polar surface area (TPSA) is 33.3 Å². The summed E-state index contributed by atoms with van der Waals surface area (Å²) in [5.41, 5.74) is 3.17. The molecule has 166 valence electrons. The van der Waals surface area contributed by atoms with E-state index in [1.165, 1.54) is 5.56 Å². The van der Waals surface area contributed by atoms with Gasteiger partial charge in [0.1, 0.15) is 5.75 Å². The molecule has 0 bridgehead atoms. The molecule has 1 aliphatic heterocycles. The summed E-state index contributed by atoms with van der Waals surface area (Å²) in [6, 6.07) is 14.1. The van der Waals surface area contributed by atoms with Crippen molar-refractivity contribution in [1.82, 2.24) is 10.6 Å². The van der Waals surface area contributed by atoms with Crippen LogP contribution in [-0.2, 0) is 13.0 Å². The van der Waals surface area contributed by atoms with Gasteiger partial charge >= 0.3 is 6.18 Å². The van der Waals surface area contributed by atoms with Crippen LogP contribution in [0.5, 0.6) is 5.75 Å². The maximum atomic E-state index is 13.4. The van der Waals surface area contributed by atoms with Crippen LogP contribution >= 0.6 is 24.8 Å². The Labute approximate surface area is 187 Å². The second-order valence-electron chi connectivity index (χ2n) is 7.61. The molecule has 2 aliphatic rings. The molecule has 1 fully saturated rings. The Kier molecular flexibility index (Phi) is 8.45. The Morgan fingerprint density at radius 2 is 1.83 bits per heavy atom. The third-order valence-electron chi connectivity index (χ3n) is 5.95. The normalized spacial score (nSPS) is 22.7. The van der Waals surface area contributed by atoms with Crippen molar-refractivity contribution in [2.45, 2.75) is 50.0 Å². The van der Waals surface area contributed by atoms with E-state index in [0.29, 0.717) is 24.3 Å². The van der Waals surface area contributed by atoms with Crippen molar-refractivity contribution in [3.05, 3.63) is 64.7 Å². The summed E-state index contributed by atoms with van der Waals surface area (Å²) in [6.45, 7) is 1.39. The molecule has 0 aromatic heterocycles. The summed E-state index contributed by atoms with van der Waals surface area (Å²) in [4.78, 5) is 0. The fraction of sp³-hybridized carbons (Fsp3) is 0.455. The number of ether oxygens (including phenoxy) is 1. The van der Waals surface area contributed by atoms with Crippen molar-refractivity contribution in [3.8, 4) is 5.75 Å². The van der Waals surface area contributed by atoms with Gasteiger partial charge in [0.2, 0.25) is 0 Å². The smallest absolute Gasteiger partial charge is 0.395 e. The highest BCUT2D eigenvalue weighted by Crippen LogP contribution is 2.46. The van der Waals surface area contributed by atoms with Gasteiger partial charge in [-0.05, 0) is 54.6 Å². The fourth-order valence-corrected chi connectivity index (χ4v) is 4.52.